The molecule has 1 N–H and O–H groups in total. The Hall–Kier alpha value is -1.15. The molecule has 0 aromatic carbocycles. The number of aliphatic hydroxyl groups is 1. The van der Waals surface area contributed by atoms with Gasteiger partial charge in [-0.2, -0.15) is 0 Å². The van der Waals surface area contributed by atoms with Crippen molar-refractivity contribution in [1.29, 1.82) is 0 Å². The monoisotopic (exact) mass is 176 g/mol. The highest BCUT2D eigenvalue weighted by molar-refractivity contribution is 5.25. The molecule has 0 saturated carbocycles. The van der Waals surface area contributed by atoms with E-state index >= 15 is 0 Å². The normalized spacial score (nSPS) is 26.6. The van der Waals surface area contributed by atoms with Crippen LogP contribution < -0.4 is 4.57 Å². The first kappa shape index (κ1) is 8.45. The highest BCUT2D eigenvalue weighted by Gasteiger charge is 2.30. The highest BCUT2D eigenvalue weighted by atomic mass is 16.3. The topological polar surface area (TPSA) is 24.1 Å². The van der Waals surface area contributed by atoms with Gasteiger partial charge >= 0.3 is 0 Å². The van der Waals surface area contributed by atoms with Gasteiger partial charge in [0.05, 0.1) is 5.56 Å². The van der Waals surface area contributed by atoms with E-state index in [0.717, 1.165) is 18.4 Å². The van der Waals surface area contributed by atoms with Crippen LogP contribution in [0.2, 0.25) is 0 Å². The number of aryl methyl sites for hydroxylation is 1. The van der Waals surface area contributed by atoms with E-state index in [-0.39, 0.29) is 0 Å². The Morgan fingerprint density at radius 1 is 1.54 bits per heavy atom. The van der Waals surface area contributed by atoms with Crippen molar-refractivity contribution in [3.8, 4) is 0 Å². The van der Waals surface area contributed by atoms with E-state index in [1.54, 1.807) is 0 Å². The van der Waals surface area contributed by atoms with E-state index in [9.17, 15) is 5.11 Å². The molecule has 0 spiro atoms. The minimum absolute atomic E-state index is 0.723. The summed E-state index contributed by atoms with van der Waals surface area (Å²) in [5.74, 6) is 0. The Bertz CT molecular complexity index is 346. The zero-order valence-electron chi connectivity index (χ0n) is 7.77. The molecule has 1 aromatic rings. The molecule has 0 saturated heterocycles. The molecule has 0 fully saturated rings. The second-order valence-electron chi connectivity index (χ2n) is 3.62. The largest absolute Gasteiger partial charge is 0.381 e. The van der Waals surface area contributed by atoms with Crippen molar-refractivity contribution >= 4 is 0 Å². The summed E-state index contributed by atoms with van der Waals surface area (Å²) in [6.45, 7) is 0. The van der Waals surface area contributed by atoms with Crippen LogP contribution in [-0.4, -0.2) is 5.11 Å². The van der Waals surface area contributed by atoms with Crippen LogP contribution in [0.4, 0.5) is 0 Å². The van der Waals surface area contributed by atoms with Gasteiger partial charge in [-0.25, -0.2) is 4.57 Å². The van der Waals surface area contributed by atoms with Crippen molar-refractivity contribution in [2.75, 3.05) is 0 Å². The van der Waals surface area contributed by atoms with Gasteiger partial charge in [0.25, 0.3) is 0 Å². The van der Waals surface area contributed by atoms with Gasteiger partial charge in [0.2, 0.25) is 0 Å². The molecule has 1 atom stereocenters. The lowest BCUT2D eigenvalue weighted by atomic mass is 9.95. The molecular formula is C11H14NO+. The number of allylic oxidation sites excluding steroid dienone is 1. The summed E-state index contributed by atoms with van der Waals surface area (Å²) in [6, 6.07) is 3.93. The summed E-state index contributed by atoms with van der Waals surface area (Å²) < 4.78 is 1.96. The van der Waals surface area contributed by atoms with Gasteiger partial charge in [-0.3, -0.25) is 0 Å². The second-order valence-corrected chi connectivity index (χ2v) is 3.62. The van der Waals surface area contributed by atoms with Gasteiger partial charge in [0, 0.05) is 6.07 Å². The molecule has 1 unspecified atom stereocenters. The second kappa shape index (κ2) is 2.96. The van der Waals surface area contributed by atoms with Crippen LogP contribution in [0.3, 0.4) is 0 Å². The molecule has 2 nitrogen and oxygen atoms in total. The molecule has 1 aliphatic rings. The molecule has 68 valence electrons. The molecule has 0 amide bonds. The van der Waals surface area contributed by atoms with Gasteiger partial charge in [0.1, 0.15) is 12.6 Å². The fourth-order valence-electron chi connectivity index (χ4n) is 1.75. The molecule has 0 aliphatic heterocycles. The predicted octanol–water partition coefficient (Wildman–Crippen LogP) is 1.05. The SMILES string of the molecule is C[n+]1cccc(C2(O)C=CCC2)c1. The van der Waals surface area contributed by atoms with E-state index in [1.807, 2.05) is 48.3 Å². The lowest BCUT2D eigenvalue weighted by Crippen LogP contribution is -2.31. The van der Waals surface area contributed by atoms with Crippen LogP contribution in [0.1, 0.15) is 18.4 Å². The van der Waals surface area contributed by atoms with Crippen LogP contribution in [0.25, 0.3) is 0 Å². The summed E-state index contributed by atoms with van der Waals surface area (Å²) >= 11 is 0. The Morgan fingerprint density at radius 3 is 3.00 bits per heavy atom. The number of hydrogen-bond donors (Lipinski definition) is 1. The maximum absolute atomic E-state index is 10.2. The van der Waals surface area contributed by atoms with Crippen LogP contribution in [0, 0.1) is 0 Å². The Balaban J connectivity index is 2.39. The first-order valence-corrected chi connectivity index (χ1v) is 4.57. The number of pyridine rings is 1. The molecular weight excluding hydrogens is 162 g/mol. The summed E-state index contributed by atoms with van der Waals surface area (Å²) in [5, 5.41) is 10.2. The fourth-order valence-corrected chi connectivity index (χ4v) is 1.75. The van der Waals surface area contributed by atoms with Crippen LogP contribution in [-0.2, 0) is 12.6 Å². The van der Waals surface area contributed by atoms with Crippen molar-refractivity contribution in [1.82, 2.24) is 0 Å². The fraction of sp³-hybridized carbons (Fsp3) is 0.364. The third-order valence-corrected chi connectivity index (χ3v) is 2.53. The number of nitrogens with zero attached hydrogens (tertiary/aromatic N) is 1. The number of rotatable bonds is 1. The van der Waals surface area contributed by atoms with Crippen LogP contribution in [0.15, 0.2) is 36.7 Å². The lowest BCUT2D eigenvalue weighted by molar-refractivity contribution is -0.672. The first-order chi connectivity index (χ1) is 6.21. The number of aromatic nitrogens is 1. The van der Waals surface area contributed by atoms with Crippen molar-refractivity contribution in [2.24, 2.45) is 7.05 Å². The summed E-state index contributed by atoms with van der Waals surface area (Å²) in [5.41, 5.74) is 0.255. The molecule has 13 heavy (non-hydrogen) atoms. The maximum atomic E-state index is 10.2. The molecule has 1 aliphatic carbocycles. The average Bonchev–Trinajstić information content (AvgIpc) is 2.54. The third kappa shape index (κ3) is 1.49. The molecule has 2 heteroatoms. The standard InChI is InChI=1S/C11H14NO/c1-12-8-4-5-10(9-12)11(13)6-2-3-7-11/h2,4-6,8-9,13H,3,7H2,1H3/q+1. The minimum Gasteiger partial charge on any atom is -0.381 e. The molecule has 0 bridgehead atoms. The zero-order valence-corrected chi connectivity index (χ0v) is 7.77. The summed E-state index contributed by atoms with van der Waals surface area (Å²) in [4.78, 5) is 0. The molecule has 1 aromatic heterocycles. The summed E-state index contributed by atoms with van der Waals surface area (Å²) in [7, 11) is 1.96. The van der Waals surface area contributed by atoms with Crippen molar-refractivity contribution < 1.29 is 9.67 Å². The van der Waals surface area contributed by atoms with Gasteiger partial charge in [-0.15, -0.1) is 0 Å². The van der Waals surface area contributed by atoms with Crippen LogP contribution >= 0.6 is 0 Å². The van der Waals surface area contributed by atoms with Gasteiger partial charge in [-0.05, 0) is 18.9 Å². The average molecular weight is 176 g/mol. The van der Waals surface area contributed by atoms with Gasteiger partial charge in [-0.1, -0.05) is 12.2 Å². The Kier molecular flexibility index (Phi) is 1.93. The van der Waals surface area contributed by atoms with Gasteiger partial charge < -0.3 is 5.11 Å². The van der Waals surface area contributed by atoms with Gasteiger partial charge in [0.15, 0.2) is 12.4 Å². The van der Waals surface area contributed by atoms with E-state index in [0.29, 0.717) is 0 Å². The predicted molar refractivity (Wildman–Crippen MR) is 49.9 cm³/mol. The van der Waals surface area contributed by atoms with Crippen LogP contribution in [0.5, 0.6) is 0 Å². The maximum Gasteiger partial charge on any atom is 0.174 e. The summed E-state index contributed by atoms with van der Waals surface area (Å²) in [6.07, 6.45) is 9.63. The van der Waals surface area contributed by atoms with E-state index in [4.69, 9.17) is 0 Å². The zero-order chi connectivity index (χ0) is 9.31. The van der Waals surface area contributed by atoms with Crippen molar-refractivity contribution in [3.05, 3.63) is 42.2 Å². The van der Waals surface area contributed by atoms with E-state index in [1.165, 1.54) is 0 Å². The number of hydrogen-bond acceptors (Lipinski definition) is 1. The third-order valence-electron chi connectivity index (χ3n) is 2.53. The molecule has 1 heterocycles. The molecule has 0 radical (unpaired) electrons. The quantitative estimate of drug-likeness (QED) is 0.502. The highest BCUT2D eigenvalue weighted by Crippen LogP contribution is 2.31. The Morgan fingerprint density at radius 2 is 2.38 bits per heavy atom. The Labute approximate surface area is 78.1 Å². The smallest absolute Gasteiger partial charge is 0.174 e. The first-order valence-electron chi connectivity index (χ1n) is 4.57. The minimum atomic E-state index is -0.723. The van der Waals surface area contributed by atoms with E-state index < -0.39 is 5.60 Å². The van der Waals surface area contributed by atoms with E-state index in [2.05, 4.69) is 0 Å². The lowest BCUT2D eigenvalue weighted by Gasteiger charge is -2.18. The van der Waals surface area contributed by atoms with Crippen molar-refractivity contribution in [3.63, 3.8) is 0 Å². The van der Waals surface area contributed by atoms with Crippen molar-refractivity contribution in [2.45, 2.75) is 18.4 Å². The molecule has 2 rings (SSSR count).